The van der Waals surface area contributed by atoms with Gasteiger partial charge in [-0.1, -0.05) is 62.7 Å². The van der Waals surface area contributed by atoms with E-state index in [4.69, 9.17) is 9.15 Å². The molecule has 1 heterocycles. The lowest BCUT2D eigenvalue weighted by Gasteiger charge is -2.18. The molecular weight excluding hydrogens is 320 g/mol. The van der Waals surface area contributed by atoms with Crippen molar-refractivity contribution >= 4 is 0 Å². The van der Waals surface area contributed by atoms with Crippen LogP contribution in [0.4, 0.5) is 0 Å². The maximum Gasteiger partial charge on any atom is 0.134 e. The molecule has 2 aromatic carbocycles. The second-order valence-electron chi connectivity index (χ2n) is 8.23. The Morgan fingerprint density at radius 3 is 2.15 bits per heavy atom. The van der Waals surface area contributed by atoms with Crippen LogP contribution in [0.3, 0.4) is 0 Å². The summed E-state index contributed by atoms with van der Waals surface area (Å²) < 4.78 is 11.9. The minimum Gasteiger partial charge on any atom is -0.489 e. The maximum atomic E-state index is 5.97. The van der Waals surface area contributed by atoms with Gasteiger partial charge in [-0.15, -0.1) is 0 Å². The first-order chi connectivity index (χ1) is 12.3. The smallest absolute Gasteiger partial charge is 0.134 e. The molecule has 26 heavy (non-hydrogen) atoms. The van der Waals surface area contributed by atoms with Gasteiger partial charge in [-0.3, -0.25) is 0 Å². The van der Waals surface area contributed by atoms with E-state index in [-0.39, 0.29) is 0 Å². The average Bonchev–Trinajstić information content (AvgIpc) is 2.94. The van der Waals surface area contributed by atoms with Gasteiger partial charge in [0.2, 0.25) is 0 Å². The molecule has 0 aliphatic rings. The molecule has 136 valence electrons. The standard InChI is InChI=1S/C24H28O2/c1-17-6-10-20(11-7-17)23-14-21(18(2)26-23)16-25-22-12-8-19(9-13-22)15-24(3,4)5/h6-14H,15-16H2,1-5H3. The first-order valence-electron chi connectivity index (χ1n) is 9.18. The van der Waals surface area contributed by atoms with Crippen LogP contribution in [0.1, 0.15) is 43.2 Å². The van der Waals surface area contributed by atoms with E-state index in [1.165, 1.54) is 11.1 Å². The van der Waals surface area contributed by atoms with Crippen molar-refractivity contribution in [2.24, 2.45) is 5.41 Å². The zero-order chi connectivity index (χ0) is 18.7. The van der Waals surface area contributed by atoms with E-state index < -0.39 is 0 Å². The molecule has 1 aromatic heterocycles. The highest BCUT2D eigenvalue weighted by atomic mass is 16.5. The number of benzene rings is 2. The van der Waals surface area contributed by atoms with Gasteiger partial charge in [0.25, 0.3) is 0 Å². The minimum atomic E-state index is 0.294. The minimum absolute atomic E-state index is 0.294. The zero-order valence-electron chi connectivity index (χ0n) is 16.4. The average molecular weight is 348 g/mol. The van der Waals surface area contributed by atoms with Crippen molar-refractivity contribution in [1.82, 2.24) is 0 Å². The van der Waals surface area contributed by atoms with Crippen LogP contribution in [0.5, 0.6) is 5.75 Å². The molecule has 0 atom stereocenters. The summed E-state index contributed by atoms with van der Waals surface area (Å²) in [5, 5.41) is 0. The summed E-state index contributed by atoms with van der Waals surface area (Å²) in [5.74, 6) is 2.69. The maximum absolute atomic E-state index is 5.97. The van der Waals surface area contributed by atoms with Gasteiger partial charge in [0, 0.05) is 11.1 Å². The molecule has 0 N–H and O–H groups in total. The fraction of sp³-hybridized carbons (Fsp3) is 0.333. The molecule has 0 bridgehead atoms. The lowest BCUT2D eigenvalue weighted by molar-refractivity contribution is 0.303. The van der Waals surface area contributed by atoms with E-state index in [0.29, 0.717) is 12.0 Å². The van der Waals surface area contributed by atoms with E-state index in [0.717, 1.165) is 34.8 Å². The highest BCUT2D eigenvalue weighted by Crippen LogP contribution is 2.27. The Hall–Kier alpha value is -2.48. The molecule has 0 aliphatic heterocycles. The van der Waals surface area contributed by atoms with Crippen molar-refractivity contribution in [2.45, 2.75) is 47.6 Å². The third-order valence-electron chi connectivity index (χ3n) is 4.41. The molecule has 0 aliphatic carbocycles. The molecule has 0 amide bonds. The van der Waals surface area contributed by atoms with E-state index in [1.54, 1.807) is 0 Å². The number of hydrogen-bond donors (Lipinski definition) is 0. The molecular formula is C24H28O2. The highest BCUT2D eigenvalue weighted by molar-refractivity contribution is 5.59. The van der Waals surface area contributed by atoms with Gasteiger partial charge < -0.3 is 9.15 Å². The van der Waals surface area contributed by atoms with Gasteiger partial charge >= 0.3 is 0 Å². The van der Waals surface area contributed by atoms with Gasteiger partial charge in [0.1, 0.15) is 23.9 Å². The summed E-state index contributed by atoms with van der Waals surface area (Å²) in [4.78, 5) is 0. The molecule has 0 unspecified atom stereocenters. The van der Waals surface area contributed by atoms with Crippen LogP contribution in [0.15, 0.2) is 59.0 Å². The first-order valence-corrected chi connectivity index (χ1v) is 9.18. The highest BCUT2D eigenvalue weighted by Gasteiger charge is 2.12. The molecule has 3 aromatic rings. The van der Waals surface area contributed by atoms with Crippen molar-refractivity contribution < 1.29 is 9.15 Å². The molecule has 0 saturated heterocycles. The van der Waals surface area contributed by atoms with Crippen molar-refractivity contribution in [3.63, 3.8) is 0 Å². The molecule has 0 radical (unpaired) electrons. The van der Waals surface area contributed by atoms with Crippen molar-refractivity contribution in [2.75, 3.05) is 0 Å². The molecule has 2 heteroatoms. The summed E-state index contributed by atoms with van der Waals surface area (Å²) in [6.07, 6.45) is 1.06. The topological polar surface area (TPSA) is 22.4 Å². The third-order valence-corrected chi connectivity index (χ3v) is 4.41. The summed E-state index contributed by atoms with van der Waals surface area (Å²) in [6.45, 7) is 11.4. The van der Waals surface area contributed by atoms with Gasteiger partial charge in [-0.25, -0.2) is 0 Å². The van der Waals surface area contributed by atoms with Gasteiger partial charge in [0.15, 0.2) is 0 Å². The van der Waals surface area contributed by atoms with Crippen LogP contribution in [0.25, 0.3) is 11.3 Å². The summed E-state index contributed by atoms with van der Waals surface area (Å²) >= 11 is 0. The van der Waals surface area contributed by atoms with Crippen LogP contribution in [-0.4, -0.2) is 0 Å². The summed E-state index contributed by atoms with van der Waals surface area (Å²) in [5.41, 5.74) is 5.06. The molecule has 3 rings (SSSR count). The first kappa shape index (κ1) is 18.3. The van der Waals surface area contributed by atoms with Crippen molar-refractivity contribution in [3.8, 4) is 17.1 Å². The number of rotatable bonds is 5. The van der Waals surface area contributed by atoms with E-state index in [2.05, 4.69) is 82.3 Å². The number of furan rings is 1. The molecule has 0 spiro atoms. The Balaban J connectivity index is 1.65. The van der Waals surface area contributed by atoms with Crippen LogP contribution in [0.2, 0.25) is 0 Å². The Morgan fingerprint density at radius 1 is 0.885 bits per heavy atom. The SMILES string of the molecule is Cc1ccc(-c2cc(COc3ccc(CC(C)(C)C)cc3)c(C)o2)cc1. The summed E-state index contributed by atoms with van der Waals surface area (Å²) in [6, 6.07) is 18.9. The van der Waals surface area contributed by atoms with Crippen molar-refractivity contribution in [1.29, 1.82) is 0 Å². The second-order valence-corrected chi connectivity index (χ2v) is 8.23. The second kappa shape index (κ2) is 7.41. The van der Waals surface area contributed by atoms with Gasteiger partial charge in [-0.2, -0.15) is 0 Å². The lowest BCUT2D eigenvalue weighted by Crippen LogP contribution is -2.08. The summed E-state index contributed by atoms with van der Waals surface area (Å²) in [7, 11) is 0. The number of aryl methyl sites for hydroxylation is 2. The monoisotopic (exact) mass is 348 g/mol. The van der Waals surface area contributed by atoms with E-state index in [9.17, 15) is 0 Å². The quantitative estimate of drug-likeness (QED) is 0.510. The lowest BCUT2D eigenvalue weighted by atomic mass is 9.88. The number of ether oxygens (including phenoxy) is 1. The molecule has 0 fully saturated rings. The Bertz CT molecular complexity index is 847. The van der Waals surface area contributed by atoms with E-state index in [1.807, 2.05) is 6.92 Å². The largest absolute Gasteiger partial charge is 0.489 e. The van der Waals surface area contributed by atoms with Crippen LogP contribution >= 0.6 is 0 Å². The third kappa shape index (κ3) is 4.78. The van der Waals surface area contributed by atoms with Crippen molar-refractivity contribution in [3.05, 3.63) is 77.0 Å². The predicted molar refractivity (Wildman–Crippen MR) is 108 cm³/mol. The van der Waals surface area contributed by atoms with Crippen LogP contribution in [0, 0.1) is 19.3 Å². The Kier molecular flexibility index (Phi) is 5.22. The van der Waals surface area contributed by atoms with Crippen LogP contribution in [-0.2, 0) is 13.0 Å². The number of hydrogen-bond acceptors (Lipinski definition) is 2. The normalized spacial score (nSPS) is 11.6. The molecule has 0 saturated carbocycles. The zero-order valence-corrected chi connectivity index (χ0v) is 16.4. The van der Waals surface area contributed by atoms with E-state index >= 15 is 0 Å². The van der Waals surface area contributed by atoms with Crippen LogP contribution < -0.4 is 4.74 Å². The fourth-order valence-corrected chi connectivity index (χ4v) is 3.00. The van der Waals surface area contributed by atoms with Gasteiger partial charge in [0.05, 0.1) is 0 Å². The predicted octanol–water partition coefficient (Wildman–Crippen LogP) is 6.73. The molecule has 2 nitrogen and oxygen atoms in total. The Labute approximate surface area is 156 Å². The van der Waals surface area contributed by atoms with Gasteiger partial charge in [-0.05, 0) is 49.4 Å². The Morgan fingerprint density at radius 2 is 1.54 bits per heavy atom. The fourth-order valence-electron chi connectivity index (χ4n) is 3.00.